The Morgan fingerprint density at radius 2 is 1.95 bits per heavy atom. The maximum absolute atomic E-state index is 14.0. The summed E-state index contributed by atoms with van der Waals surface area (Å²) in [5, 5.41) is 10.6. The molecule has 21 heavy (non-hydrogen) atoms. The fourth-order valence-corrected chi connectivity index (χ4v) is 4.24. The summed E-state index contributed by atoms with van der Waals surface area (Å²) in [7, 11) is 0. The molecule has 1 aromatic carbocycles. The minimum atomic E-state index is -0.824. The zero-order valence-electron chi connectivity index (χ0n) is 11.2. The molecule has 2 bridgehead atoms. The van der Waals surface area contributed by atoms with Gasteiger partial charge in [0.25, 0.3) is 11.6 Å². The van der Waals surface area contributed by atoms with Crippen LogP contribution in [-0.4, -0.2) is 32.6 Å². The quantitative estimate of drug-likeness (QED) is 0.464. The van der Waals surface area contributed by atoms with Crippen LogP contribution in [0.4, 0.5) is 10.1 Å². The molecule has 2 heterocycles. The number of carbonyl (C=O) groups is 1. The van der Waals surface area contributed by atoms with E-state index < -0.39 is 10.7 Å². The third-order valence-corrected chi connectivity index (χ3v) is 5.05. The summed E-state index contributed by atoms with van der Waals surface area (Å²) >= 11 is 3.59. The van der Waals surface area contributed by atoms with Gasteiger partial charge < -0.3 is 4.90 Å². The highest BCUT2D eigenvalue weighted by Crippen LogP contribution is 2.39. The van der Waals surface area contributed by atoms with Crippen LogP contribution in [-0.2, 0) is 0 Å². The van der Waals surface area contributed by atoms with Crippen LogP contribution in [0.5, 0.6) is 0 Å². The summed E-state index contributed by atoms with van der Waals surface area (Å²) in [6.45, 7) is 0. The molecule has 0 spiro atoms. The largest absolute Gasteiger partial charge is 0.333 e. The molecular weight excluding hydrogens is 343 g/mol. The lowest BCUT2D eigenvalue weighted by Gasteiger charge is -2.37. The molecule has 2 unspecified atom stereocenters. The van der Waals surface area contributed by atoms with Crippen LogP contribution in [0, 0.1) is 15.9 Å². The van der Waals surface area contributed by atoms with E-state index in [1.807, 2.05) is 0 Å². The number of alkyl halides is 1. The number of benzene rings is 1. The zero-order chi connectivity index (χ0) is 15.1. The van der Waals surface area contributed by atoms with E-state index in [9.17, 15) is 19.3 Å². The van der Waals surface area contributed by atoms with Gasteiger partial charge in [0.1, 0.15) is 5.82 Å². The van der Waals surface area contributed by atoms with E-state index in [0.29, 0.717) is 4.83 Å². The van der Waals surface area contributed by atoms with E-state index >= 15 is 0 Å². The standard InChI is InChI=1S/C14H14BrFN2O3/c15-8-5-9-1-2-10(6-8)17(9)14(19)12-4-3-11(18(20)21)7-13(12)16/h3-4,7-10H,1-2,5-6H2. The normalized spacial score (nSPS) is 27.7. The van der Waals surface area contributed by atoms with Crippen molar-refractivity contribution in [2.45, 2.75) is 42.6 Å². The molecule has 0 aliphatic carbocycles. The van der Waals surface area contributed by atoms with Crippen molar-refractivity contribution in [1.29, 1.82) is 0 Å². The number of nitrogens with zero attached hydrogens (tertiary/aromatic N) is 2. The molecule has 2 saturated heterocycles. The van der Waals surface area contributed by atoms with Gasteiger partial charge in [0.15, 0.2) is 0 Å². The molecule has 3 rings (SSSR count). The van der Waals surface area contributed by atoms with Crippen molar-refractivity contribution in [3.63, 3.8) is 0 Å². The van der Waals surface area contributed by atoms with Crippen LogP contribution in [0.1, 0.15) is 36.0 Å². The molecule has 7 heteroatoms. The minimum Gasteiger partial charge on any atom is -0.333 e. The average molecular weight is 357 g/mol. The summed E-state index contributed by atoms with van der Waals surface area (Å²) in [6.07, 6.45) is 3.62. The number of halogens is 2. The molecular formula is C14H14BrFN2O3. The predicted octanol–water partition coefficient (Wildman–Crippen LogP) is 3.26. The van der Waals surface area contributed by atoms with Gasteiger partial charge in [0.05, 0.1) is 16.6 Å². The number of amides is 1. The van der Waals surface area contributed by atoms with Crippen molar-refractivity contribution in [2.75, 3.05) is 0 Å². The predicted molar refractivity (Wildman–Crippen MR) is 78.0 cm³/mol. The van der Waals surface area contributed by atoms with Crippen molar-refractivity contribution in [2.24, 2.45) is 0 Å². The third-order valence-electron chi connectivity index (χ3n) is 4.30. The SMILES string of the molecule is O=C(c1ccc([N+](=O)[O-])cc1F)N1C2CCC1CC(Br)C2. The highest BCUT2D eigenvalue weighted by Gasteiger charge is 2.43. The minimum absolute atomic E-state index is 0.0782. The molecule has 2 aliphatic heterocycles. The lowest BCUT2D eigenvalue weighted by atomic mass is 10.0. The Balaban J connectivity index is 1.88. The Labute approximate surface area is 129 Å². The molecule has 0 saturated carbocycles. The molecule has 2 atom stereocenters. The van der Waals surface area contributed by atoms with E-state index in [4.69, 9.17) is 0 Å². The van der Waals surface area contributed by atoms with E-state index in [-0.39, 0.29) is 29.2 Å². The average Bonchev–Trinajstić information content (AvgIpc) is 2.70. The second-order valence-corrected chi connectivity index (χ2v) is 6.88. The van der Waals surface area contributed by atoms with Crippen LogP contribution in [0.3, 0.4) is 0 Å². The first-order valence-electron chi connectivity index (χ1n) is 6.88. The maximum atomic E-state index is 14.0. The fourth-order valence-electron chi connectivity index (χ4n) is 3.37. The van der Waals surface area contributed by atoms with Gasteiger partial charge in [-0.25, -0.2) is 4.39 Å². The van der Waals surface area contributed by atoms with Gasteiger partial charge in [0.2, 0.25) is 0 Å². The van der Waals surface area contributed by atoms with Crippen molar-refractivity contribution in [3.05, 3.63) is 39.7 Å². The monoisotopic (exact) mass is 356 g/mol. The summed E-state index contributed by atoms with van der Waals surface area (Å²) < 4.78 is 14.0. The fraction of sp³-hybridized carbons (Fsp3) is 0.500. The third kappa shape index (κ3) is 2.54. The Kier molecular flexibility index (Phi) is 3.69. The second-order valence-electron chi connectivity index (χ2n) is 5.59. The van der Waals surface area contributed by atoms with Crippen LogP contribution in [0.25, 0.3) is 0 Å². The lowest BCUT2D eigenvalue weighted by molar-refractivity contribution is -0.385. The first-order chi connectivity index (χ1) is 9.97. The number of non-ortho nitro benzene ring substituents is 1. The number of nitro groups is 1. The first kappa shape index (κ1) is 14.4. The van der Waals surface area contributed by atoms with E-state index in [2.05, 4.69) is 15.9 Å². The van der Waals surface area contributed by atoms with Gasteiger partial charge in [-0.1, -0.05) is 15.9 Å². The number of piperidine rings is 1. The van der Waals surface area contributed by atoms with Crippen LogP contribution in [0.2, 0.25) is 0 Å². The van der Waals surface area contributed by atoms with Crippen LogP contribution in [0.15, 0.2) is 18.2 Å². The summed E-state index contributed by atoms with van der Waals surface area (Å²) in [5.41, 5.74) is -0.420. The van der Waals surface area contributed by atoms with Gasteiger partial charge in [-0.15, -0.1) is 0 Å². The molecule has 2 fully saturated rings. The Morgan fingerprint density at radius 1 is 1.33 bits per heavy atom. The summed E-state index contributed by atoms with van der Waals surface area (Å²) in [5.74, 6) is -1.18. The van der Waals surface area contributed by atoms with Gasteiger partial charge >= 0.3 is 0 Å². The van der Waals surface area contributed by atoms with Crippen LogP contribution < -0.4 is 0 Å². The molecule has 2 aliphatic rings. The van der Waals surface area contributed by atoms with Crippen LogP contribution >= 0.6 is 15.9 Å². The van der Waals surface area contributed by atoms with Crippen molar-refractivity contribution >= 4 is 27.5 Å². The molecule has 112 valence electrons. The van der Waals surface area contributed by atoms with E-state index in [1.165, 1.54) is 12.1 Å². The van der Waals surface area contributed by atoms with Crippen molar-refractivity contribution in [1.82, 2.24) is 4.90 Å². The Hall–Kier alpha value is -1.50. The number of rotatable bonds is 2. The number of hydrogen-bond acceptors (Lipinski definition) is 3. The molecule has 0 radical (unpaired) electrons. The molecule has 1 amide bonds. The number of nitro benzene ring substituents is 1. The number of carbonyl (C=O) groups excluding carboxylic acids is 1. The molecule has 5 nitrogen and oxygen atoms in total. The lowest BCUT2D eigenvalue weighted by Crippen LogP contribution is -2.47. The van der Waals surface area contributed by atoms with Gasteiger partial charge in [-0.2, -0.15) is 0 Å². The molecule has 0 N–H and O–H groups in total. The second kappa shape index (κ2) is 5.36. The van der Waals surface area contributed by atoms with E-state index in [1.54, 1.807) is 4.90 Å². The number of hydrogen-bond donors (Lipinski definition) is 0. The molecule has 0 aromatic heterocycles. The Bertz CT molecular complexity index is 596. The number of fused-ring (bicyclic) bond motifs is 2. The smallest absolute Gasteiger partial charge is 0.272 e. The van der Waals surface area contributed by atoms with E-state index in [0.717, 1.165) is 31.7 Å². The van der Waals surface area contributed by atoms with Gasteiger partial charge in [0, 0.05) is 23.0 Å². The maximum Gasteiger partial charge on any atom is 0.272 e. The highest BCUT2D eigenvalue weighted by molar-refractivity contribution is 9.09. The Morgan fingerprint density at radius 3 is 2.48 bits per heavy atom. The van der Waals surface area contributed by atoms with Crippen molar-refractivity contribution < 1.29 is 14.1 Å². The highest BCUT2D eigenvalue weighted by atomic mass is 79.9. The summed E-state index contributed by atoms with van der Waals surface area (Å²) in [6, 6.07) is 3.47. The van der Waals surface area contributed by atoms with Gasteiger partial charge in [-0.3, -0.25) is 14.9 Å². The van der Waals surface area contributed by atoms with Crippen molar-refractivity contribution in [3.8, 4) is 0 Å². The van der Waals surface area contributed by atoms with Gasteiger partial charge in [-0.05, 0) is 31.7 Å². The zero-order valence-corrected chi connectivity index (χ0v) is 12.8. The molecule has 1 aromatic rings. The first-order valence-corrected chi connectivity index (χ1v) is 7.79. The summed E-state index contributed by atoms with van der Waals surface area (Å²) in [4.78, 5) is 24.7. The topological polar surface area (TPSA) is 63.4 Å².